The molecular weight excluding hydrogens is 889 g/mol. The van der Waals surface area contributed by atoms with Gasteiger partial charge in [-0.25, -0.2) is 0 Å². The Bertz CT molecular complexity index is 1430. The van der Waals surface area contributed by atoms with Gasteiger partial charge in [-0.15, -0.1) is 0 Å². The van der Waals surface area contributed by atoms with Crippen LogP contribution in [0.4, 0.5) is 0 Å². The zero-order chi connectivity index (χ0) is 52.2. The van der Waals surface area contributed by atoms with Crippen molar-refractivity contribution in [2.75, 3.05) is 13.2 Å². The Labute approximate surface area is 445 Å². The van der Waals surface area contributed by atoms with Crippen LogP contribution < -0.4 is 0 Å². The highest BCUT2D eigenvalue weighted by atomic mass is 16.6. The summed E-state index contributed by atoms with van der Waals surface area (Å²) in [6, 6.07) is 0. The van der Waals surface area contributed by atoms with Gasteiger partial charge in [-0.2, -0.15) is 0 Å². The van der Waals surface area contributed by atoms with Gasteiger partial charge >= 0.3 is 17.9 Å². The van der Waals surface area contributed by atoms with Crippen LogP contribution in [0.2, 0.25) is 0 Å². The van der Waals surface area contributed by atoms with Crippen LogP contribution in [0.1, 0.15) is 284 Å². The lowest BCUT2D eigenvalue weighted by molar-refractivity contribution is -0.167. The molecule has 6 nitrogen and oxygen atoms in total. The van der Waals surface area contributed by atoms with Crippen LogP contribution in [0.15, 0.2) is 97.2 Å². The second-order valence-corrected chi connectivity index (χ2v) is 19.9. The van der Waals surface area contributed by atoms with Gasteiger partial charge in [-0.05, 0) is 122 Å². The van der Waals surface area contributed by atoms with Crippen molar-refractivity contribution in [3.8, 4) is 0 Å². The lowest BCUT2D eigenvalue weighted by atomic mass is 10.1. The van der Waals surface area contributed by atoms with Crippen molar-refractivity contribution < 1.29 is 28.6 Å². The van der Waals surface area contributed by atoms with Gasteiger partial charge in [0.1, 0.15) is 13.2 Å². The normalized spacial score (nSPS) is 12.8. The molecule has 0 radical (unpaired) electrons. The molecule has 412 valence electrons. The van der Waals surface area contributed by atoms with E-state index in [0.29, 0.717) is 19.3 Å². The first kappa shape index (κ1) is 68.3. The van der Waals surface area contributed by atoms with E-state index < -0.39 is 6.10 Å². The molecule has 0 rings (SSSR count). The van der Waals surface area contributed by atoms with Crippen LogP contribution in [0.5, 0.6) is 0 Å². The van der Waals surface area contributed by atoms with E-state index in [9.17, 15) is 14.4 Å². The highest BCUT2D eigenvalue weighted by molar-refractivity contribution is 5.71. The summed E-state index contributed by atoms with van der Waals surface area (Å²) in [5, 5.41) is 0. The molecule has 72 heavy (non-hydrogen) atoms. The molecule has 0 aromatic carbocycles. The van der Waals surface area contributed by atoms with Gasteiger partial charge in [-0.1, -0.05) is 240 Å². The fraction of sp³-hybridized carbons (Fsp3) is 0.712. The number of hydrogen-bond acceptors (Lipinski definition) is 6. The molecule has 0 aromatic heterocycles. The fourth-order valence-electron chi connectivity index (χ4n) is 8.26. The van der Waals surface area contributed by atoms with Crippen molar-refractivity contribution in [3.63, 3.8) is 0 Å². The van der Waals surface area contributed by atoms with E-state index in [0.717, 1.165) is 128 Å². The van der Waals surface area contributed by atoms with Gasteiger partial charge in [0.2, 0.25) is 0 Å². The maximum absolute atomic E-state index is 12.9. The number of ether oxygens (including phenoxy) is 3. The minimum absolute atomic E-state index is 0.0920. The van der Waals surface area contributed by atoms with Crippen LogP contribution in [-0.2, 0) is 28.6 Å². The largest absolute Gasteiger partial charge is 0.462 e. The second-order valence-electron chi connectivity index (χ2n) is 19.9. The van der Waals surface area contributed by atoms with Gasteiger partial charge in [0.25, 0.3) is 0 Å². The number of unbranched alkanes of at least 4 members (excludes halogenated alkanes) is 27. The summed E-state index contributed by atoms with van der Waals surface area (Å²) in [5.74, 6) is -0.920. The van der Waals surface area contributed by atoms with Gasteiger partial charge in [-0.3, -0.25) is 14.4 Å². The SMILES string of the molecule is CC/C=C\C/C=C\C/C=C\C/C=C\CCCCCCCCC(=O)OCC(COC(=O)CCCCCCC/C=C\CCCCCCCCC)OC(=O)CCCCCCCC/C=C\C/C=C\C/C=C\CCCCC. The fourth-order valence-corrected chi connectivity index (χ4v) is 8.26. The summed E-state index contributed by atoms with van der Waals surface area (Å²) < 4.78 is 16.9. The molecule has 0 bridgehead atoms. The van der Waals surface area contributed by atoms with E-state index in [1.165, 1.54) is 116 Å². The Morgan fingerprint density at radius 3 is 0.889 bits per heavy atom. The molecule has 0 aliphatic heterocycles. The minimum Gasteiger partial charge on any atom is -0.462 e. The summed E-state index contributed by atoms with van der Waals surface area (Å²) in [6.07, 6.45) is 79.6. The average molecular weight is 1000 g/mol. The van der Waals surface area contributed by atoms with E-state index in [2.05, 4.69) is 118 Å². The molecule has 1 atom stereocenters. The number of esters is 3. The van der Waals surface area contributed by atoms with E-state index in [1.807, 2.05) is 0 Å². The Hall–Kier alpha value is -3.67. The first-order valence-corrected chi connectivity index (χ1v) is 30.2. The summed E-state index contributed by atoms with van der Waals surface area (Å²) in [6.45, 7) is 6.48. The Kier molecular flexibility index (Phi) is 56.8. The van der Waals surface area contributed by atoms with E-state index in [-0.39, 0.29) is 31.1 Å². The molecule has 1 unspecified atom stereocenters. The monoisotopic (exact) mass is 1000 g/mol. The molecule has 0 amide bonds. The molecule has 0 aromatic rings. The Morgan fingerprint density at radius 1 is 0.292 bits per heavy atom. The minimum atomic E-state index is -0.796. The Morgan fingerprint density at radius 2 is 0.542 bits per heavy atom. The predicted molar refractivity (Wildman–Crippen MR) is 311 cm³/mol. The van der Waals surface area contributed by atoms with Crippen molar-refractivity contribution in [1.29, 1.82) is 0 Å². The molecule has 0 saturated heterocycles. The van der Waals surface area contributed by atoms with E-state index >= 15 is 0 Å². The van der Waals surface area contributed by atoms with Crippen LogP contribution >= 0.6 is 0 Å². The van der Waals surface area contributed by atoms with Crippen molar-refractivity contribution in [2.45, 2.75) is 290 Å². The molecular formula is C66H112O6. The van der Waals surface area contributed by atoms with Crippen molar-refractivity contribution >= 4 is 17.9 Å². The zero-order valence-electron chi connectivity index (χ0n) is 47.2. The van der Waals surface area contributed by atoms with Crippen molar-refractivity contribution in [1.82, 2.24) is 0 Å². The third-order valence-electron chi connectivity index (χ3n) is 12.8. The standard InChI is InChI=1S/C66H112O6/c1-4-7-10-13-16-19-22-25-28-31-33-35-38-41-44-47-50-53-56-59-65(68)71-62-63(61-70-64(67)58-55-52-49-46-43-40-37-30-27-24-21-18-15-12-9-6-3)72-66(69)60-57-54-51-48-45-42-39-36-34-32-29-26-23-20-17-14-11-8-5-2/h7,10,16-17,19-20,25-26,28-30,33-37,63H,4-6,8-9,11-15,18,21-24,27,31-32,38-62H2,1-3H3/b10-7-,19-16-,20-17-,28-25-,29-26-,35-33-,36-34-,37-30-. The highest BCUT2D eigenvalue weighted by Crippen LogP contribution is 2.15. The summed E-state index contributed by atoms with van der Waals surface area (Å²) in [7, 11) is 0. The first-order valence-electron chi connectivity index (χ1n) is 30.2. The topological polar surface area (TPSA) is 78.9 Å². The van der Waals surface area contributed by atoms with Crippen LogP contribution in [0.25, 0.3) is 0 Å². The third-order valence-corrected chi connectivity index (χ3v) is 12.8. The van der Waals surface area contributed by atoms with Gasteiger partial charge in [0, 0.05) is 19.3 Å². The number of carbonyl (C=O) groups is 3. The van der Waals surface area contributed by atoms with Crippen LogP contribution in [-0.4, -0.2) is 37.2 Å². The molecule has 0 aliphatic rings. The molecule has 0 heterocycles. The van der Waals surface area contributed by atoms with Gasteiger partial charge in [0.05, 0.1) is 0 Å². The predicted octanol–water partition coefficient (Wildman–Crippen LogP) is 20.5. The number of hydrogen-bond donors (Lipinski definition) is 0. The molecule has 0 fully saturated rings. The van der Waals surface area contributed by atoms with Gasteiger partial charge in [0.15, 0.2) is 6.10 Å². The number of allylic oxidation sites excluding steroid dienone is 16. The lowest BCUT2D eigenvalue weighted by Gasteiger charge is -2.18. The number of carbonyl (C=O) groups excluding carboxylic acids is 3. The van der Waals surface area contributed by atoms with Gasteiger partial charge < -0.3 is 14.2 Å². The van der Waals surface area contributed by atoms with Crippen molar-refractivity contribution in [3.05, 3.63) is 97.2 Å². The summed E-state index contributed by atoms with van der Waals surface area (Å²) in [4.78, 5) is 38.3. The number of rotatable bonds is 54. The quantitative estimate of drug-likeness (QED) is 0.0261. The summed E-state index contributed by atoms with van der Waals surface area (Å²) in [5.41, 5.74) is 0. The molecule has 0 aliphatic carbocycles. The van der Waals surface area contributed by atoms with Crippen LogP contribution in [0, 0.1) is 0 Å². The molecule has 0 spiro atoms. The Balaban J connectivity index is 4.46. The maximum Gasteiger partial charge on any atom is 0.306 e. The highest BCUT2D eigenvalue weighted by Gasteiger charge is 2.19. The third kappa shape index (κ3) is 57.2. The molecule has 0 N–H and O–H groups in total. The molecule has 0 saturated carbocycles. The van der Waals surface area contributed by atoms with Crippen LogP contribution in [0.3, 0.4) is 0 Å². The van der Waals surface area contributed by atoms with E-state index in [1.54, 1.807) is 0 Å². The lowest BCUT2D eigenvalue weighted by Crippen LogP contribution is -2.30. The summed E-state index contributed by atoms with van der Waals surface area (Å²) >= 11 is 0. The van der Waals surface area contributed by atoms with E-state index in [4.69, 9.17) is 14.2 Å². The zero-order valence-corrected chi connectivity index (χ0v) is 47.2. The first-order chi connectivity index (χ1) is 35.5. The van der Waals surface area contributed by atoms with Crippen molar-refractivity contribution in [2.24, 2.45) is 0 Å². The smallest absolute Gasteiger partial charge is 0.306 e. The second kappa shape index (κ2) is 59.9. The molecule has 6 heteroatoms. The average Bonchev–Trinajstić information content (AvgIpc) is 3.38. The maximum atomic E-state index is 12.9.